The predicted molar refractivity (Wildman–Crippen MR) is 54.4 cm³/mol. The number of aromatic hydroxyl groups is 1. The van der Waals surface area contributed by atoms with Crippen molar-refractivity contribution in [3.8, 4) is 5.88 Å². The van der Waals surface area contributed by atoms with Crippen molar-refractivity contribution in [1.29, 1.82) is 0 Å². The van der Waals surface area contributed by atoms with E-state index in [0.29, 0.717) is 0 Å². The standard InChI is InChI=1S/C11H15NO/c1-8(11(2,3)4)9-5-6-10(13)12-7-9/h5-7H,1H2,2-4H3,(H,12,13). The van der Waals surface area contributed by atoms with Crippen molar-refractivity contribution >= 4 is 5.57 Å². The largest absolute Gasteiger partial charge is 0.493 e. The number of pyridine rings is 1. The van der Waals surface area contributed by atoms with Crippen LogP contribution in [0.5, 0.6) is 5.88 Å². The molecule has 0 aromatic carbocycles. The Morgan fingerprint density at radius 1 is 1.38 bits per heavy atom. The summed E-state index contributed by atoms with van der Waals surface area (Å²) in [5, 5.41) is 9.00. The Morgan fingerprint density at radius 2 is 2.00 bits per heavy atom. The molecule has 2 heteroatoms. The Hall–Kier alpha value is -1.31. The van der Waals surface area contributed by atoms with Crippen LogP contribution in [0.4, 0.5) is 0 Å². The molecule has 13 heavy (non-hydrogen) atoms. The van der Waals surface area contributed by atoms with Crippen LogP contribution in [0.25, 0.3) is 5.57 Å². The van der Waals surface area contributed by atoms with Crippen LogP contribution in [0.3, 0.4) is 0 Å². The minimum absolute atomic E-state index is 0.0403. The molecule has 1 heterocycles. The van der Waals surface area contributed by atoms with Gasteiger partial charge in [-0.1, -0.05) is 27.4 Å². The zero-order valence-corrected chi connectivity index (χ0v) is 8.33. The maximum Gasteiger partial charge on any atom is 0.210 e. The third-order valence-corrected chi connectivity index (χ3v) is 2.00. The van der Waals surface area contributed by atoms with E-state index in [1.54, 1.807) is 12.3 Å². The van der Waals surface area contributed by atoms with Gasteiger partial charge in [0.25, 0.3) is 0 Å². The summed E-state index contributed by atoms with van der Waals surface area (Å²) < 4.78 is 0. The second-order valence-electron chi connectivity index (χ2n) is 4.13. The molecule has 0 aliphatic carbocycles. The first-order valence-electron chi connectivity index (χ1n) is 4.26. The molecular formula is C11H15NO. The van der Waals surface area contributed by atoms with Crippen LogP contribution >= 0.6 is 0 Å². The topological polar surface area (TPSA) is 33.1 Å². The second kappa shape index (κ2) is 3.21. The summed E-state index contributed by atoms with van der Waals surface area (Å²) in [4.78, 5) is 3.81. The molecule has 1 rings (SSSR count). The highest BCUT2D eigenvalue weighted by Gasteiger charge is 2.16. The van der Waals surface area contributed by atoms with Gasteiger partial charge in [-0.25, -0.2) is 4.98 Å². The van der Waals surface area contributed by atoms with Crippen LogP contribution in [-0.4, -0.2) is 10.1 Å². The Kier molecular flexibility index (Phi) is 2.41. The molecule has 1 aromatic rings. The van der Waals surface area contributed by atoms with E-state index in [1.165, 1.54) is 0 Å². The smallest absolute Gasteiger partial charge is 0.210 e. The fraction of sp³-hybridized carbons (Fsp3) is 0.364. The number of nitrogens with zero attached hydrogens (tertiary/aromatic N) is 1. The lowest BCUT2D eigenvalue weighted by molar-refractivity contribution is 0.453. The highest BCUT2D eigenvalue weighted by atomic mass is 16.3. The maximum absolute atomic E-state index is 9.00. The van der Waals surface area contributed by atoms with E-state index < -0.39 is 0 Å². The summed E-state index contributed by atoms with van der Waals surface area (Å²) in [5.41, 5.74) is 2.05. The van der Waals surface area contributed by atoms with E-state index >= 15 is 0 Å². The quantitative estimate of drug-likeness (QED) is 0.715. The van der Waals surface area contributed by atoms with Gasteiger partial charge in [0.15, 0.2) is 0 Å². The van der Waals surface area contributed by atoms with Crippen LogP contribution in [-0.2, 0) is 0 Å². The van der Waals surface area contributed by atoms with Crippen LogP contribution in [0, 0.1) is 5.41 Å². The summed E-state index contributed by atoms with van der Waals surface area (Å²) in [6, 6.07) is 3.40. The number of rotatable bonds is 1. The molecule has 0 aliphatic heterocycles. The van der Waals surface area contributed by atoms with E-state index in [-0.39, 0.29) is 11.3 Å². The van der Waals surface area contributed by atoms with E-state index in [4.69, 9.17) is 5.11 Å². The summed E-state index contributed by atoms with van der Waals surface area (Å²) >= 11 is 0. The molecule has 0 bridgehead atoms. The van der Waals surface area contributed by atoms with Gasteiger partial charge < -0.3 is 5.11 Å². The summed E-state index contributed by atoms with van der Waals surface area (Å²) in [7, 11) is 0. The van der Waals surface area contributed by atoms with Crippen LogP contribution in [0.2, 0.25) is 0 Å². The molecule has 0 fully saturated rings. The van der Waals surface area contributed by atoms with E-state index in [1.807, 2.05) is 6.07 Å². The molecular weight excluding hydrogens is 162 g/mol. The van der Waals surface area contributed by atoms with Crippen molar-refractivity contribution in [3.63, 3.8) is 0 Å². The van der Waals surface area contributed by atoms with Crippen molar-refractivity contribution in [3.05, 3.63) is 30.5 Å². The lowest BCUT2D eigenvalue weighted by Crippen LogP contribution is -2.07. The predicted octanol–water partition coefficient (Wildman–Crippen LogP) is 2.85. The molecule has 0 amide bonds. The monoisotopic (exact) mass is 177 g/mol. The molecule has 1 N–H and O–H groups in total. The van der Waals surface area contributed by atoms with Gasteiger partial charge in [-0.2, -0.15) is 0 Å². The number of hydrogen-bond acceptors (Lipinski definition) is 2. The molecule has 0 saturated heterocycles. The molecule has 0 unspecified atom stereocenters. The SMILES string of the molecule is C=C(c1ccc(O)nc1)C(C)(C)C. The minimum atomic E-state index is 0.0403. The molecule has 0 radical (unpaired) electrons. The van der Waals surface area contributed by atoms with E-state index in [2.05, 4.69) is 32.3 Å². The van der Waals surface area contributed by atoms with Crippen molar-refractivity contribution in [2.24, 2.45) is 5.41 Å². The lowest BCUT2D eigenvalue weighted by Gasteiger charge is -2.21. The first-order chi connectivity index (χ1) is 5.91. The van der Waals surface area contributed by atoms with Crippen molar-refractivity contribution in [2.75, 3.05) is 0 Å². The molecule has 1 aromatic heterocycles. The zero-order valence-electron chi connectivity index (χ0n) is 8.33. The highest BCUT2D eigenvalue weighted by molar-refractivity contribution is 5.66. The number of hydrogen-bond donors (Lipinski definition) is 1. The Bertz CT molecular complexity index is 306. The summed E-state index contributed by atoms with van der Waals surface area (Å²) in [6.45, 7) is 10.3. The second-order valence-corrected chi connectivity index (χ2v) is 4.13. The van der Waals surface area contributed by atoms with E-state index in [9.17, 15) is 0 Å². The van der Waals surface area contributed by atoms with E-state index in [0.717, 1.165) is 11.1 Å². The maximum atomic E-state index is 9.00. The van der Waals surface area contributed by atoms with Gasteiger partial charge in [-0.3, -0.25) is 0 Å². The average molecular weight is 177 g/mol. The Morgan fingerprint density at radius 3 is 2.38 bits per heavy atom. The summed E-state index contributed by atoms with van der Waals surface area (Å²) in [6.07, 6.45) is 1.64. The zero-order chi connectivity index (χ0) is 10.1. The first-order valence-corrected chi connectivity index (χ1v) is 4.26. The van der Waals surface area contributed by atoms with Crippen LogP contribution in [0.1, 0.15) is 26.3 Å². The fourth-order valence-electron chi connectivity index (χ4n) is 0.998. The third-order valence-electron chi connectivity index (χ3n) is 2.00. The third kappa shape index (κ3) is 2.31. The van der Waals surface area contributed by atoms with Crippen molar-refractivity contribution in [1.82, 2.24) is 4.98 Å². The molecule has 0 atom stereocenters. The van der Waals surface area contributed by atoms with Gasteiger partial charge in [-0.05, 0) is 22.6 Å². The Balaban J connectivity index is 2.97. The molecule has 0 aliphatic rings. The van der Waals surface area contributed by atoms with Crippen LogP contribution < -0.4 is 0 Å². The minimum Gasteiger partial charge on any atom is -0.493 e. The molecule has 0 spiro atoms. The normalized spacial score (nSPS) is 11.3. The lowest BCUT2D eigenvalue weighted by atomic mass is 9.84. The average Bonchev–Trinajstić information content (AvgIpc) is 2.03. The highest BCUT2D eigenvalue weighted by Crippen LogP contribution is 2.31. The van der Waals surface area contributed by atoms with Gasteiger partial charge >= 0.3 is 0 Å². The van der Waals surface area contributed by atoms with Crippen molar-refractivity contribution in [2.45, 2.75) is 20.8 Å². The Labute approximate surface area is 78.9 Å². The number of allylic oxidation sites excluding steroid dienone is 1. The summed E-state index contributed by atoms with van der Waals surface area (Å²) in [5.74, 6) is 0.0467. The van der Waals surface area contributed by atoms with Crippen molar-refractivity contribution < 1.29 is 5.11 Å². The number of aromatic nitrogens is 1. The van der Waals surface area contributed by atoms with Crippen LogP contribution in [0.15, 0.2) is 24.9 Å². The van der Waals surface area contributed by atoms with Gasteiger partial charge in [0.1, 0.15) is 0 Å². The van der Waals surface area contributed by atoms with Gasteiger partial charge in [0.2, 0.25) is 5.88 Å². The molecule has 2 nitrogen and oxygen atoms in total. The molecule has 0 saturated carbocycles. The van der Waals surface area contributed by atoms with Gasteiger partial charge in [0.05, 0.1) is 0 Å². The van der Waals surface area contributed by atoms with Gasteiger partial charge in [0, 0.05) is 12.3 Å². The first kappa shape index (κ1) is 9.78. The molecule has 70 valence electrons. The van der Waals surface area contributed by atoms with Gasteiger partial charge in [-0.15, -0.1) is 0 Å². The fourth-order valence-corrected chi connectivity index (χ4v) is 0.998.